The van der Waals surface area contributed by atoms with Crippen molar-refractivity contribution in [3.05, 3.63) is 53.5 Å². The Labute approximate surface area is 72.9 Å². The third-order valence-corrected chi connectivity index (χ3v) is 2.88. The molecule has 0 atom stereocenters. The maximum atomic E-state index is 2.26. The van der Waals surface area contributed by atoms with Gasteiger partial charge >= 0.3 is 0 Å². The van der Waals surface area contributed by atoms with Gasteiger partial charge in [0.1, 0.15) is 0 Å². The first-order valence-electron chi connectivity index (χ1n) is 4.55. The van der Waals surface area contributed by atoms with Crippen LogP contribution in [0.1, 0.15) is 11.1 Å². The molecule has 0 nitrogen and oxygen atoms in total. The van der Waals surface area contributed by atoms with Gasteiger partial charge in [0, 0.05) is 6.42 Å². The second-order valence-electron chi connectivity index (χ2n) is 3.71. The van der Waals surface area contributed by atoms with E-state index in [4.69, 9.17) is 0 Å². The van der Waals surface area contributed by atoms with Crippen molar-refractivity contribution in [3.8, 4) is 0 Å². The Balaban J connectivity index is 1.94. The van der Waals surface area contributed by atoms with Gasteiger partial charge in [-0.1, -0.05) is 35.9 Å². The summed E-state index contributed by atoms with van der Waals surface area (Å²) >= 11 is 0. The number of rotatable bonds is 1. The lowest BCUT2D eigenvalue weighted by Gasteiger charge is -2.00. The molecule has 1 aromatic carbocycles. The second kappa shape index (κ2) is 2.22. The van der Waals surface area contributed by atoms with Crippen molar-refractivity contribution in [3.63, 3.8) is 0 Å². The summed E-state index contributed by atoms with van der Waals surface area (Å²) in [6.45, 7) is 0. The Morgan fingerprint density at radius 3 is 2.08 bits per heavy atom. The highest BCUT2D eigenvalue weighted by Gasteiger charge is 2.27. The molecule has 3 rings (SSSR count). The molecule has 0 heterocycles. The van der Waals surface area contributed by atoms with Crippen molar-refractivity contribution >= 4 is 0 Å². The first-order valence-corrected chi connectivity index (χ1v) is 4.55. The number of hydrogen-bond donors (Lipinski definition) is 0. The van der Waals surface area contributed by atoms with Gasteiger partial charge in [0.05, 0.1) is 0 Å². The summed E-state index contributed by atoms with van der Waals surface area (Å²) in [7, 11) is 0. The van der Waals surface area contributed by atoms with Crippen molar-refractivity contribution in [1.29, 1.82) is 0 Å². The topological polar surface area (TPSA) is 0 Å². The minimum absolute atomic E-state index is 0.808. The van der Waals surface area contributed by atoms with E-state index in [0.29, 0.717) is 0 Å². The van der Waals surface area contributed by atoms with Gasteiger partial charge in [-0.05, 0) is 29.9 Å². The molecule has 0 N–H and O–H groups in total. The van der Waals surface area contributed by atoms with Crippen LogP contribution >= 0.6 is 0 Å². The fraction of sp³-hybridized carbons (Fsp3) is 0.250. The first kappa shape index (κ1) is 6.47. The predicted molar refractivity (Wildman–Crippen MR) is 49.7 cm³/mol. The molecular formula is C12H11. The number of allylic oxidation sites excluding steroid dienone is 2. The number of fused-ring (bicyclic) bond motifs is 1. The highest BCUT2D eigenvalue weighted by Crippen LogP contribution is 2.37. The van der Waals surface area contributed by atoms with E-state index < -0.39 is 0 Å². The standard InChI is InChI=1S/C12H11/c1-2-4-11-8-12(9-5-6-9)7-10(11)3-1/h1-6,12H,7-8H2. The van der Waals surface area contributed by atoms with Crippen LogP contribution in [0.4, 0.5) is 0 Å². The zero-order valence-corrected chi connectivity index (χ0v) is 6.96. The summed E-state index contributed by atoms with van der Waals surface area (Å²) in [6.07, 6.45) is 7.02. The lowest BCUT2D eigenvalue weighted by Crippen LogP contribution is -1.95. The molecule has 0 heteroatoms. The van der Waals surface area contributed by atoms with Crippen molar-refractivity contribution in [2.45, 2.75) is 12.8 Å². The predicted octanol–water partition coefficient (Wildman–Crippen LogP) is 2.55. The molecule has 0 aromatic heterocycles. The van der Waals surface area contributed by atoms with Crippen molar-refractivity contribution in [2.24, 2.45) is 5.92 Å². The van der Waals surface area contributed by atoms with E-state index in [0.717, 1.165) is 5.92 Å². The van der Waals surface area contributed by atoms with Crippen LogP contribution in [0, 0.1) is 12.3 Å². The van der Waals surface area contributed by atoms with Crippen molar-refractivity contribution in [1.82, 2.24) is 0 Å². The molecule has 12 heavy (non-hydrogen) atoms. The Bertz CT molecular complexity index is 322. The molecular weight excluding hydrogens is 144 g/mol. The van der Waals surface area contributed by atoms with Crippen molar-refractivity contribution < 1.29 is 0 Å². The summed E-state index contributed by atoms with van der Waals surface area (Å²) in [5, 5.41) is 0. The van der Waals surface area contributed by atoms with Crippen LogP contribution in [0.15, 0.2) is 35.9 Å². The van der Waals surface area contributed by atoms with Crippen molar-refractivity contribution in [2.75, 3.05) is 0 Å². The van der Waals surface area contributed by atoms with Crippen LogP contribution in [0.25, 0.3) is 0 Å². The highest BCUT2D eigenvalue weighted by molar-refractivity contribution is 5.46. The van der Waals surface area contributed by atoms with E-state index in [9.17, 15) is 0 Å². The Kier molecular flexibility index (Phi) is 1.20. The molecule has 1 radical (unpaired) electrons. The fourth-order valence-corrected chi connectivity index (χ4v) is 2.11. The molecule has 0 unspecified atom stereocenters. The maximum Gasteiger partial charge on any atom is 0.00834 e. The monoisotopic (exact) mass is 155 g/mol. The van der Waals surface area contributed by atoms with Gasteiger partial charge in [-0.25, -0.2) is 0 Å². The van der Waals surface area contributed by atoms with E-state index in [2.05, 4.69) is 36.8 Å². The lowest BCUT2D eigenvalue weighted by molar-refractivity contribution is 0.687. The second-order valence-corrected chi connectivity index (χ2v) is 3.71. The summed E-state index contributed by atoms with van der Waals surface area (Å²) in [4.78, 5) is 0. The quantitative estimate of drug-likeness (QED) is 0.584. The maximum absolute atomic E-state index is 2.26. The van der Waals surface area contributed by atoms with Crippen LogP contribution in [0.5, 0.6) is 0 Å². The first-order chi connectivity index (χ1) is 5.93. The van der Waals surface area contributed by atoms with Crippen LogP contribution in [0.2, 0.25) is 0 Å². The van der Waals surface area contributed by atoms with Crippen LogP contribution in [-0.4, -0.2) is 0 Å². The average molecular weight is 155 g/mol. The smallest absolute Gasteiger partial charge is 0.00834 e. The third-order valence-electron chi connectivity index (χ3n) is 2.88. The van der Waals surface area contributed by atoms with E-state index in [1.165, 1.54) is 12.8 Å². The molecule has 59 valence electrons. The van der Waals surface area contributed by atoms with Crippen LogP contribution < -0.4 is 0 Å². The Morgan fingerprint density at radius 1 is 1.00 bits per heavy atom. The van der Waals surface area contributed by atoms with Gasteiger partial charge in [0.25, 0.3) is 0 Å². The number of hydrogen-bond acceptors (Lipinski definition) is 0. The molecule has 0 spiro atoms. The molecule has 0 saturated heterocycles. The van der Waals surface area contributed by atoms with Gasteiger partial charge in [-0.15, -0.1) is 0 Å². The van der Waals surface area contributed by atoms with Crippen LogP contribution in [0.3, 0.4) is 0 Å². The zero-order chi connectivity index (χ0) is 7.97. The summed E-state index contributed by atoms with van der Waals surface area (Å²) in [5.74, 6) is 0.808. The molecule has 1 aromatic rings. The summed E-state index contributed by atoms with van der Waals surface area (Å²) in [6, 6.07) is 8.81. The summed E-state index contributed by atoms with van der Waals surface area (Å²) in [5.41, 5.74) is 4.69. The van der Waals surface area contributed by atoms with E-state index in [-0.39, 0.29) is 0 Å². The normalized spacial score (nSPS) is 20.5. The molecule has 2 aliphatic rings. The fourth-order valence-electron chi connectivity index (χ4n) is 2.11. The molecule has 0 saturated carbocycles. The van der Waals surface area contributed by atoms with E-state index in [1.807, 2.05) is 0 Å². The number of benzene rings is 1. The molecule has 0 fully saturated rings. The van der Waals surface area contributed by atoms with Gasteiger partial charge in [-0.2, -0.15) is 0 Å². The molecule has 2 aliphatic carbocycles. The highest BCUT2D eigenvalue weighted by atomic mass is 14.3. The minimum Gasteiger partial charge on any atom is -0.0763 e. The summed E-state index contributed by atoms with van der Waals surface area (Å²) < 4.78 is 0. The molecule has 0 aliphatic heterocycles. The van der Waals surface area contributed by atoms with Gasteiger partial charge in [0.2, 0.25) is 0 Å². The lowest BCUT2D eigenvalue weighted by atomic mass is 10.0. The van der Waals surface area contributed by atoms with Gasteiger partial charge < -0.3 is 0 Å². The van der Waals surface area contributed by atoms with E-state index >= 15 is 0 Å². The minimum atomic E-state index is 0.808. The average Bonchev–Trinajstić information content (AvgIpc) is 2.85. The molecule has 0 amide bonds. The zero-order valence-electron chi connectivity index (χ0n) is 6.96. The van der Waals surface area contributed by atoms with Gasteiger partial charge in [-0.3, -0.25) is 0 Å². The Hall–Kier alpha value is -1.04. The van der Waals surface area contributed by atoms with E-state index in [1.54, 1.807) is 16.7 Å². The largest absolute Gasteiger partial charge is 0.0763 e. The third kappa shape index (κ3) is 0.911. The van der Waals surface area contributed by atoms with Gasteiger partial charge in [0.15, 0.2) is 0 Å². The molecule has 0 bridgehead atoms. The Morgan fingerprint density at radius 2 is 1.58 bits per heavy atom. The SMILES string of the molecule is [CH]1C=C1C1Cc2ccccc2C1. The van der Waals surface area contributed by atoms with Crippen LogP contribution in [-0.2, 0) is 12.8 Å².